The number of aromatic nitrogens is 1. The SMILES string of the molecule is CNC(=O)c1cc(Oc2ccc(N(N)C(=O)Nc3ccc(Cl)c(C(F)(F)F)c3)cc2)ccn1. The molecule has 1 aromatic heterocycles. The number of hydrazine groups is 1. The van der Waals surface area contributed by atoms with Gasteiger partial charge in [-0.15, -0.1) is 0 Å². The number of halogens is 4. The highest BCUT2D eigenvalue weighted by Crippen LogP contribution is 2.36. The fraction of sp³-hybridized carbons (Fsp3) is 0.0952. The summed E-state index contributed by atoms with van der Waals surface area (Å²) in [6.07, 6.45) is -3.26. The largest absolute Gasteiger partial charge is 0.457 e. The van der Waals surface area contributed by atoms with E-state index in [-0.39, 0.29) is 23.0 Å². The number of hydrogen-bond donors (Lipinski definition) is 3. The highest BCUT2D eigenvalue weighted by molar-refractivity contribution is 6.31. The number of anilines is 2. The molecule has 0 radical (unpaired) electrons. The summed E-state index contributed by atoms with van der Waals surface area (Å²) >= 11 is 5.58. The van der Waals surface area contributed by atoms with Gasteiger partial charge in [0.25, 0.3) is 5.91 Å². The molecular weight excluding hydrogens is 463 g/mol. The fourth-order valence-corrected chi connectivity index (χ4v) is 2.88. The molecule has 0 aliphatic rings. The molecule has 0 atom stereocenters. The lowest BCUT2D eigenvalue weighted by Crippen LogP contribution is -2.40. The Balaban J connectivity index is 1.68. The number of amides is 3. The number of carbonyl (C=O) groups is 2. The molecule has 0 aliphatic carbocycles. The first kappa shape index (κ1) is 23.8. The van der Waals surface area contributed by atoms with Gasteiger partial charge in [-0.3, -0.25) is 9.78 Å². The average molecular weight is 480 g/mol. The Morgan fingerprint density at radius 1 is 1.06 bits per heavy atom. The third kappa shape index (κ3) is 5.90. The van der Waals surface area contributed by atoms with Crippen molar-refractivity contribution in [1.29, 1.82) is 0 Å². The second kappa shape index (κ2) is 9.76. The first-order chi connectivity index (χ1) is 15.6. The maximum atomic E-state index is 13.0. The molecule has 172 valence electrons. The number of urea groups is 1. The van der Waals surface area contributed by atoms with Gasteiger partial charge in [-0.2, -0.15) is 13.2 Å². The predicted molar refractivity (Wildman–Crippen MR) is 116 cm³/mol. The van der Waals surface area contributed by atoms with Gasteiger partial charge in [-0.1, -0.05) is 11.6 Å². The van der Waals surface area contributed by atoms with Crippen molar-refractivity contribution in [2.75, 3.05) is 17.4 Å². The van der Waals surface area contributed by atoms with Gasteiger partial charge in [0.2, 0.25) is 0 Å². The van der Waals surface area contributed by atoms with Crippen LogP contribution < -0.4 is 26.2 Å². The van der Waals surface area contributed by atoms with E-state index in [0.717, 1.165) is 11.1 Å². The van der Waals surface area contributed by atoms with E-state index in [1.807, 2.05) is 0 Å². The standard InChI is InChI=1S/C21H17ClF3N5O3/c1-27-19(31)18-11-15(8-9-28-18)33-14-5-3-13(4-6-14)30(26)20(32)29-12-2-7-17(22)16(10-12)21(23,24)25/h2-11H,26H2,1H3,(H,27,31)(H,29,32). The molecule has 0 saturated heterocycles. The molecule has 0 bridgehead atoms. The van der Waals surface area contributed by atoms with Crippen molar-refractivity contribution in [1.82, 2.24) is 10.3 Å². The molecule has 8 nitrogen and oxygen atoms in total. The third-order valence-corrected chi connectivity index (χ3v) is 4.61. The van der Waals surface area contributed by atoms with E-state index in [1.165, 1.54) is 49.6 Å². The van der Waals surface area contributed by atoms with Crippen LogP contribution in [-0.2, 0) is 6.18 Å². The van der Waals surface area contributed by atoms with Crippen molar-refractivity contribution in [2.45, 2.75) is 6.18 Å². The molecule has 0 aliphatic heterocycles. The van der Waals surface area contributed by atoms with Crippen LogP contribution >= 0.6 is 11.6 Å². The van der Waals surface area contributed by atoms with Crippen molar-refractivity contribution < 1.29 is 27.5 Å². The molecule has 0 spiro atoms. The molecule has 0 unspecified atom stereocenters. The van der Waals surface area contributed by atoms with Gasteiger partial charge in [-0.05, 0) is 48.5 Å². The average Bonchev–Trinajstić information content (AvgIpc) is 2.79. The molecule has 3 amide bonds. The van der Waals surface area contributed by atoms with Crippen LogP contribution in [0.25, 0.3) is 0 Å². The van der Waals surface area contributed by atoms with Crippen molar-refractivity contribution in [3.8, 4) is 11.5 Å². The van der Waals surface area contributed by atoms with Gasteiger partial charge in [0.1, 0.15) is 17.2 Å². The molecular formula is C21H17ClF3N5O3. The molecule has 0 fully saturated rings. The molecule has 3 aromatic rings. The monoisotopic (exact) mass is 479 g/mol. The molecule has 0 saturated carbocycles. The highest BCUT2D eigenvalue weighted by Gasteiger charge is 2.33. The number of rotatable bonds is 5. The summed E-state index contributed by atoms with van der Waals surface area (Å²) in [5, 5.41) is 4.98. The number of alkyl halides is 3. The van der Waals surface area contributed by atoms with Gasteiger partial charge < -0.3 is 15.4 Å². The number of pyridine rings is 1. The molecule has 4 N–H and O–H groups in total. The van der Waals surface area contributed by atoms with Gasteiger partial charge >= 0.3 is 12.2 Å². The molecule has 3 rings (SSSR count). The summed E-state index contributed by atoms with van der Waals surface area (Å²) in [5.41, 5.74) is -0.794. The molecule has 12 heteroatoms. The van der Waals surface area contributed by atoms with Crippen LogP contribution in [0.2, 0.25) is 5.02 Å². The van der Waals surface area contributed by atoms with Crippen molar-refractivity contribution in [2.24, 2.45) is 5.84 Å². The van der Waals surface area contributed by atoms with E-state index in [4.69, 9.17) is 22.2 Å². The number of carbonyl (C=O) groups excluding carboxylic acids is 2. The van der Waals surface area contributed by atoms with Crippen LogP contribution in [0.15, 0.2) is 60.8 Å². The van der Waals surface area contributed by atoms with Crippen LogP contribution in [0, 0.1) is 0 Å². The fourth-order valence-electron chi connectivity index (χ4n) is 2.66. The number of benzene rings is 2. The van der Waals surface area contributed by atoms with E-state index in [0.29, 0.717) is 17.6 Å². The summed E-state index contributed by atoms with van der Waals surface area (Å²) < 4.78 is 44.7. The molecule has 1 heterocycles. The second-order valence-electron chi connectivity index (χ2n) is 6.54. The Morgan fingerprint density at radius 3 is 2.39 bits per heavy atom. The zero-order valence-electron chi connectivity index (χ0n) is 17.0. The van der Waals surface area contributed by atoms with E-state index >= 15 is 0 Å². The minimum Gasteiger partial charge on any atom is -0.457 e. The Morgan fingerprint density at radius 2 is 1.76 bits per heavy atom. The van der Waals surface area contributed by atoms with E-state index in [2.05, 4.69) is 15.6 Å². The number of ether oxygens (including phenoxy) is 1. The lowest BCUT2D eigenvalue weighted by molar-refractivity contribution is -0.137. The summed E-state index contributed by atoms with van der Waals surface area (Å²) in [7, 11) is 1.48. The van der Waals surface area contributed by atoms with Crippen molar-refractivity contribution in [3.63, 3.8) is 0 Å². The van der Waals surface area contributed by atoms with Crippen molar-refractivity contribution >= 4 is 34.9 Å². The highest BCUT2D eigenvalue weighted by atomic mass is 35.5. The number of nitrogens with zero attached hydrogens (tertiary/aromatic N) is 2. The predicted octanol–water partition coefficient (Wildman–Crippen LogP) is 4.82. The van der Waals surface area contributed by atoms with Crippen molar-refractivity contribution in [3.05, 3.63) is 77.1 Å². The van der Waals surface area contributed by atoms with Crippen LogP contribution in [0.4, 0.5) is 29.3 Å². The minimum absolute atomic E-state index is 0.128. The van der Waals surface area contributed by atoms with Gasteiger partial charge in [-0.25, -0.2) is 15.6 Å². The first-order valence-corrected chi connectivity index (χ1v) is 9.65. The van der Waals surface area contributed by atoms with E-state index < -0.39 is 22.8 Å². The summed E-state index contributed by atoms with van der Waals surface area (Å²) in [4.78, 5) is 28.0. The minimum atomic E-state index is -4.67. The Labute approximate surface area is 191 Å². The molecule has 2 aromatic carbocycles. The topological polar surface area (TPSA) is 110 Å². The zero-order valence-corrected chi connectivity index (χ0v) is 17.7. The lowest BCUT2D eigenvalue weighted by atomic mass is 10.2. The summed E-state index contributed by atoms with van der Waals surface area (Å²) in [5.74, 6) is 6.17. The zero-order chi connectivity index (χ0) is 24.2. The molecule has 33 heavy (non-hydrogen) atoms. The first-order valence-electron chi connectivity index (χ1n) is 9.27. The maximum Gasteiger partial charge on any atom is 0.417 e. The lowest BCUT2D eigenvalue weighted by Gasteiger charge is -2.18. The smallest absolute Gasteiger partial charge is 0.417 e. The van der Waals surface area contributed by atoms with Gasteiger partial charge in [0, 0.05) is 25.0 Å². The van der Waals surface area contributed by atoms with Crippen LogP contribution in [0.5, 0.6) is 11.5 Å². The summed E-state index contributed by atoms with van der Waals surface area (Å²) in [6, 6.07) is 11.1. The quantitative estimate of drug-likeness (QED) is 0.276. The van der Waals surface area contributed by atoms with Crippen LogP contribution in [-0.4, -0.2) is 24.0 Å². The number of nitrogens with one attached hydrogen (secondary N) is 2. The van der Waals surface area contributed by atoms with Crippen LogP contribution in [0.3, 0.4) is 0 Å². The summed E-state index contributed by atoms with van der Waals surface area (Å²) in [6.45, 7) is 0. The van der Waals surface area contributed by atoms with E-state index in [1.54, 1.807) is 6.07 Å². The third-order valence-electron chi connectivity index (χ3n) is 4.28. The van der Waals surface area contributed by atoms with E-state index in [9.17, 15) is 22.8 Å². The number of nitrogens with two attached hydrogens (primary N) is 1. The Kier molecular flexibility index (Phi) is 7.04. The Hall–Kier alpha value is -3.83. The second-order valence-corrected chi connectivity index (χ2v) is 6.95. The Bertz CT molecular complexity index is 1170. The maximum absolute atomic E-state index is 13.0. The number of hydrogen-bond acceptors (Lipinski definition) is 5. The van der Waals surface area contributed by atoms with Gasteiger partial charge in [0.05, 0.1) is 16.3 Å². The van der Waals surface area contributed by atoms with Crippen LogP contribution in [0.1, 0.15) is 16.1 Å². The normalized spacial score (nSPS) is 11.0. The van der Waals surface area contributed by atoms with Gasteiger partial charge in [0.15, 0.2) is 0 Å².